The van der Waals surface area contributed by atoms with E-state index in [1.54, 1.807) is 6.92 Å². The lowest BCUT2D eigenvalue weighted by atomic mass is 10.1. The first kappa shape index (κ1) is 25.3. The fourth-order valence-corrected chi connectivity index (χ4v) is 5.27. The maximum absolute atomic E-state index is 13.9. The predicted octanol–water partition coefficient (Wildman–Crippen LogP) is 3.42. The van der Waals surface area contributed by atoms with E-state index < -0.39 is 15.9 Å². The average molecular weight is 527 g/mol. The summed E-state index contributed by atoms with van der Waals surface area (Å²) in [7, 11) is -0.150. The molecule has 0 spiro atoms. The normalized spacial score (nSPS) is 11.1. The third-order valence-electron chi connectivity index (χ3n) is 4.69. The van der Waals surface area contributed by atoms with Crippen molar-refractivity contribution in [2.45, 2.75) is 18.2 Å². The molecule has 2 aromatic heterocycles. The summed E-state index contributed by atoms with van der Waals surface area (Å²) in [5.74, 6) is -0.713. The van der Waals surface area contributed by atoms with Crippen LogP contribution >= 0.6 is 22.9 Å². The monoisotopic (exact) mass is 526 g/mol. The zero-order valence-corrected chi connectivity index (χ0v) is 20.8. The second-order valence-corrected chi connectivity index (χ2v) is 9.50. The van der Waals surface area contributed by atoms with E-state index in [4.69, 9.17) is 35.5 Å². The van der Waals surface area contributed by atoms with Gasteiger partial charge in [0.2, 0.25) is 15.8 Å². The van der Waals surface area contributed by atoms with Gasteiger partial charge in [-0.2, -0.15) is 5.26 Å². The minimum Gasteiger partial charge on any atom is -0.493 e. The number of carbonyl (C=O) groups excluding carboxylic acids is 1. The number of nitriles is 1. The van der Waals surface area contributed by atoms with Crippen LogP contribution in [0, 0.1) is 18.3 Å². The van der Waals surface area contributed by atoms with E-state index in [2.05, 4.69) is 5.16 Å². The number of hydrogen-bond donors (Lipinski definition) is 1. The predicted molar refractivity (Wildman–Crippen MR) is 124 cm³/mol. The molecule has 1 aromatic carbocycles. The fraction of sp³-hybridized carbons (Fsp3) is 0.250. The van der Waals surface area contributed by atoms with Crippen LogP contribution < -0.4 is 24.2 Å². The Hall–Kier alpha value is -3.31. The highest BCUT2D eigenvalue weighted by Crippen LogP contribution is 2.50. The average Bonchev–Trinajstić information content (AvgIpc) is 3.42. The number of rotatable bonds is 8. The van der Waals surface area contributed by atoms with Crippen molar-refractivity contribution in [3.05, 3.63) is 38.7 Å². The molecule has 2 heterocycles. The summed E-state index contributed by atoms with van der Waals surface area (Å²) in [4.78, 5) is 14.3. The number of hydrogen-bond acceptors (Lipinski definition) is 10. The number of benzene rings is 1. The number of amides is 1. The molecule has 0 saturated carbocycles. The molecule has 0 aliphatic rings. The van der Waals surface area contributed by atoms with Crippen molar-refractivity contribution < 1.29 is 31.9 Å². The molecule has 180 valence electrons. The largest absolute Gasteiger partial charge is 0.493 e. The summed E-state index contributed by atoms with van der Waals surface area (Å²) in [6, 6.07) is 4.72. The van der Waals surface area contributed by atoms with Gasteiger partial charge in [0.25, 0.3) is 11.8 Å². The molecule has 11 nitrogen and oxygen atoms in total. The number of aryl methyl sites for hydroxylation is 1. The maximum Gasteiger partial charge on any atom is 0.276 e. The number of thiophene rings is 1. The summed E-state index contributed by atoms with van der Waals surface area (Å²) in [5, 5.41) is 20.0. The zero-order valence-electron chi connectivity index (χ0n) is 18.4. The van der Waals surface area contributed by atoms with Crippen molar-refractivity contribution in [1.29, 1.82) is 5.26 Å². The summed E-state index contributed by atoms with van der Waals surface area (Å²) in [6.07, 6.45) is -0.187. The topological polar surface area (TPSA) is 158 Å². The molecular weight excluding hydrogens is 508 g/mol. The first-order valence-electron chi connectivity index (χ1n) is 9.35. The molecule has 0 radical (unpaired) electrons. The number of anilines is 2. The number of methoxy groups -OCH3 is 3. The van der Waals surface area contributed by atoms with Crippen LogP contribution in [0.2, 0.25) is 5.02 Å². The first-order valence-corrected chi connectivity index (χ1v) is 12.2. The van der Waals surface area contributed by atoms with Gasteiger partial charge in [-0.3, -0.25) is 4.79 Å². The second-order valence-electron chi connectivity index (χ2n) is 6.67. The lowest BCUT2D eigenvalue weighted by Crippen LogP contribution is -2.29. The minimum atomic E-state index is -4.24. The molecule has 0 fully saturated rings. The van der Waals surface area contributed by atoms with E-state index in [1.165, 1.54) is 38.8 Å². The number of sulfonamides is 1. The van der Waals surface area contributed by atoms with Gasteiger partial charge >= 0.3 is 0 Å². The van der Waals surface area contributed by atoms with Crippen LogP contribution in [0.1, 0.15) is 20.9 Å². The van der Waals surface area contributed by atoms with Crippen LogP contribution in [-0.2, 0) is 16.4 Å². The molecule has 3 rings (SSSR count). The SMILES string of the molecule is COc1cc(CC#N)c(N(C(=O)c2sccc2S(N)(=O)=O)c2onc(C)c2Cl)c(OC)c1OC. The van der Waals surface area contributed by atoms with Crippen molar-refractivity contribution in [2.24, 2.45) is 5.14 Å². The zero-order chi connectivity index (χ0) is 25.2. The third-order valence-corrected chi connectivity index (χ3v) is 7.11. The highest BCUT2D eigenvalue weighted by atomic mass is 35.5. The van der Waals surface area contributed by atoms with E-state index >= 15 is 0 Å². The van der Waals surface area contributed by atoms with Crippen molar-refractivity contribution in [1.82, 2.24) is 5.16 Å². The molecule has 0 aliphatic carbocycles. The van der Waals surface area contributed by atoms with Gasteiger partial charge in [0.1, 0.15) is 26.2 Å². The van der Waals surface area contributed by atoms with Crippen molar-refractivity contribution in [3.63, 3.8) is 0 Å². The molecule has 0 saturated heterocycles. The lowest BCUT2D eigenvalue weighted by Gasteiger charge is -2.26. The Balaban J connectivity index is 2.44. The quantitative estimate of drug-likeness (QED) is 0.464. The van der Waals surface area contributed by atoms with Crippen LogP contribution in [0.4, 0.5) is 11.6 Å². The van der Waals surface area contributed by atoms with Crippen LogP contribution in [0.25, 0.3) is 0 Å². The van der Waals surface area contributed by atoms with E-state index in [0.29, 0.717) is 0 Å². The number of primary sulfonamides is 1. The van der Waals surface area contributed by atoms with Gasteiger partial charge in [0, 0.05) is 0 Å². The van der Waals surface area contributed by atoms with E-state index in [1.807, 2.05) is 6.07 Å². The highest BCUT2D eigenvalue weighted by Gasteiger charge is 2.36. The van der Waals surface area contributed by atoms with E-state index in [9.17, 15) is 18.5 Å². The van der Waals surface area contributed by atoms with Crippen molar-refractivity contribution in [3.8, 4) is 23.3 Å². The van der Waals surface area contributed by atoms with Crippen LogP contribution in [0.5, 0.6) is 17.2 Å². The van der Waals surface area contributed by atoms with Gasteiger partial charge in [0.05, 0.1) is 33.8 Å². The Morgan fingerprint density at radius 2 is 1.97 bits per heavy atom. The standard InChI is InChI=1S/C20H19ClN4O7S2/c1-10-14(21)20(32-24-10)25(19(26)18-13(6-8-33-18)34(23,27)28)15-11(5-7-22)9-12(29-2)16(30-3)17(15)31-4/h6,8-9H,5H2,1-4H3,(H2,23,27,28). The Bertz CT molecular complexity index is 1390. The molecule has 34 heavy (non-hydrogen) atoms. The molecular formula is C20H19ClN4O7S2. The van der Waals surface area contributed by atoms with Gasteiger partial charge in [-0.25, -0.2) is 18.5 Å². The number of halogens is 1. The summed E-state index contributed by atoms with van der Waals surface area (Å²) >= 11 is 7.24. The fourth-order valence-electron chi connectivity index (χ4n) is 3.22. The molecule has 14 heteroatoms. The number of nitrogens with zero attached hydrogens (tertiary/aromatic N) is 3. The van der Waals surface area contributed by atoms with Crippen molar-refractivity contribution >= 4 is 50.4 Å². The third kappa shape index (κ3) is 4.40. The molecule has 3 aromatic rings. The molecule has 0 aliphatic heterocycles. The number of ether oxygens (including phenoxy) is 3. The molecule has 1 amide bonds. The Labute approximate surface area is 204 Å². The van der Waals surface area contributed by atoms with E-state index in [-0.39, 0.29) is 61.3 Å². The summed E-state index contributed by atoms with van der Waals surface area (Å²) < 4.78 is 45.9. The van der Waals surface area contributed by atoms with Crippen LogP contribution in [0.15, 0.2) is 26.9 Å². The first-order chi connectivity index (χ1) is 16.1. The van der Waals surface area contributed by atoms with Gasteiger partial charge in [-0.05, 0) is 30.0 Å². The maximum atomic E-state index is 13.9. The molecule has 2 N–H and O–H groups in total. The van der Waals surface area contributed by atoms with Gasteiger partial charge in [-0.1, -0.05) is 16.8 Å². The minimum absolute atomic E-state index is 0.0122. The molecule has 0 unspecified atom stereocenters. The lowest BCUT2D eigenvalue weighted by molar-refractivity contribution is 0.0994. The Morgan fingerprint density at radius 1 is 1.29 bits per heavy atom. The number of carbonyl (C=O) groups is 1. The smallest absolute Gasteiger partial charge is 0.276 e. The Morgan fingerprint density at radius 3 is 2.47 bits per heavy atom. The van der Waals surface area contributed by atoms with Gasteiger partial charge in [-0.15, -0.1) is 11.3 Å². The van der Waals surface area contributed by atoms with Gasteiger partial charge in [0.15, 0.2) is 11.5 Å². The molecule has 0 atom stereocenters. The van der Waals surface area contributed by atoms with Crippen LogP contribution in [0.3, 0.4) is 0 Å². The highest BCUT2D eigenvalue weighted by molar-refractivity contribution is 7.89. The molecule has 0 bridgehead atoms. The summed E-state index contributed by atoms with van der Waals surface area (Å²) in [6.45, 7) is 1.56. The van der Waals surface area contributed by atoms with Gasteiger partial charge < -0.3 is 18.7 Å². The second kappa shape index (κ2) is 9.90. The van der Waals surface area contributed by atoms with Crippen molar-refractivity contribution in [2.75, 3.05) is 26.2 Å². The van der Waals surface area contributed by atoms with Crippen LogP contribution in [-0.4, -0.2) is 40.8 Å². The van der Waals surface area contributed by atoms with E-state index in [0.717, 1.165) is 16.2 Å². The Kier molecular flexibility index (Phi) is 7.37. The number of aromatic nitrogens is 1. The number of nitrogens with two attached hydrogens (primary N) is 1. The summed E-state index contributed by atoms with van der Waals surface area (Å²) in [5.41, 5.74) is 0.580.